The number of hydrogen-bond acceptors (Lipinski definition) is 7. The van der Waals surface area contributed by atoms with E-state index in [1.807, 2.05) is 18.7 Å². The fourth-order valence-corrected chi connectivity index (χ4v) is 3.30. The van der Waals surface area contributed by atoms with Gasteiger partial charge in [0.1, 0.15) is 12.1 Å². The van der Waals surface area contributed by atoms with Crippen LogP contribution >= 0.6 is 0 Å². The Morgan fingerprint density at radius 1 is 0.893 bits per heavy atom. The number of aldehydes is 1. The highest BCUT2D eigenvalue weighted by atomic mass is 16.4. The van der Waals surface area contributed by atoms with Gasteiger partial charge < -0.3 is 15.0 Å². The molecule has 0 radical (unpaired) electrons. The summed E-state index contributed by atoms with van der Waals surface area (Å²) >= 11 is 0. The Bertz CT molecular complexity index is 512. The highest BCUT2D eigenvalue weighted by Gasteiger charge is 2.23. The van der Waals surface area contributed by atoms with Crippen molar-refractivity contribution < 1.29 is 29.4 Å². The number of rotatable bonds is 11. The summed E-state index contributed by atoms with van der Waals surface area (Å²) in [5.74, 6) is -1.71. The number of carboxylic acids is 2. The van der Waals surface area contributed by atoms with Gasteiger partial charge >= 0.3 is 11.9 Å². The first-order valence-electron chi connectivity index (χ1n) is 9.83. The number of Topliss-reactive ketones (excluding diaryl/α,β-unsaturated/α-hetero) is 1. The highest BCUT2D eigenvalue weighted by Crippen LogP contribution is 2.12. The third-order valence-electron chi connectivity index (χ3n) is 5.05. The van der Waals surface area contributed by atoms with E-state index in [2.05, 4.69) is 0 Å². The molecule has 9 heteroatoms. The second kappa shape index (κ2) is 12.6. The fraction of sp³-hybridized carbons (Fsp3) is 0.789. The van der Waals surface area contributed by atoms with Crippen LogP contribution in [-0.2, 0) is 19.2 Å². The molecule has 0 aromatic rings. The van der Waals surface area contributed by atoms with Gasteiger partial charge in [-0.15, -0.1) is 0 Å². The zero-order valence-corrected chi connectivity index (χ0v) is 16.9. The molecule has 1 heterocycles. The molecule has 160 valence electrons. The first kappa shape index (κ1) is 24.2. The van der Waals surface area contributed by atoms with Crippen LogP contribution in [0.3, 0.4) is 0 Å². The molecule has 1 aliphatic rings. The Balaban J connectivity index is 2.76. The van der Waals surface area contributed by atoms with Gasteiger partial charge in [-0.25, -0.2) is 0 Å². The number of nitrogens with zero attached hydrogens (tertiary/aromatic N) is 3. The number of carboxylic acid groups (broad SMARTS) is 2. The second-order valence-corrected chi connectivity index (χ2v) is 7.59. The number of carbonyl (C=O) groups excluding carboxylic acids is 2. The van der Waals surface area contributed by atoms with Crippen LogP contribution in [0.15, 0.2) is 0 Å². The summed E-state index contributed by atoms with van der Waals surface area (Å²) in [5, 5.41) is 18.2. The molecule has 2 N–H and O–H groups in total. The summed E-state index contributed by atoms with van der Waals surface area (Å²) < 4.78 is 0. The van der Waals surface area contributed by atoms with E-state index in [1.54, 1.807) is 9.80 Å². The first-order valence-corrected chi connectivity index (χ1v) is 9.83. The monoisotopic (exact) mass is 399 g/mol. The standard InChI is InChI=1S/C19H33N3O6/c1-15(2)17(24)5-3-4-16(14-23)22-10-8-20(12-18(25)26)6-7-21(9-11-22)13-19(27)28/h14-16H,3-13H2,1-2H3,(H,25,26)(H,27,28). The van der Waals surface area contributed by atoms with E-state index in [4.69, 9.17) is 10.2 Å². The molecule has 1 fully saturated rings. The van der Waals surface area contributed by atoms with E-state index in [1.165, 1.54) is 0 Å². The number of aliphatic carboxylic acids is 2. The lowest BCUT2D eigenvalue weighted by Crippen LogP contribution is -2.44. The summed E-state index contributed by atoms with van der Waals surface area (Å²) in [6, 6.07) is -0.364. The van der Waals surface area contributed by atoms with Gasteiger partial charge in [0.25, 0.3) is 0 Å². The molecule has 0 spiro atoms. The second-order valence-electron chi connectivity index (χ2n) is 7.59. The normalized spacial score (nSPS) is 18.8. The van der Waals surface area contributed by atoms with Crippen molar-refractivity contribution in [3.05, 3.63) is 0 Å². The van der Waals surface area contributed by atoms with Crippen molar-refractivity contribution in [3.8, 4) is 0 Å². The lowest BCUT2D eigenvalue weighted by Gasteiger charge is -2.30. The molecule has 9 nitrogen and oxygen atoms in total. The van der Waals surface area contributed by atoms with Gasteiger partial charge in [0.15, 0.2) is 0 Å². The molecule has 0 aromatic heterocycles. The quantitative estimate of drug-likeness (QED) is 0.464. The van der Waals surface area contributed by atoms with Crippen molar-refractivity contribution in [1.82, 2.24) is 14.7 Å². The fourth-order valence-electron chi connectivity index (χ4n) is 3.30. The van der Waals surface area contributed by atoms with Crippen LogP contribution in [0, 0.1) is 5.92 Å². The Labute approximate surface area is 166 Å². The van der Waals surface area contributed by atoms with Crippen LogP contribution in [-0.4, -0.2) is 107 Å². The van der Waals surface area contributed by atoms with Gasteiger partial charge in [-0.05, 0) is 12.8 Å². The molecular formula is C19H33N3O6. The van der Waals surface area contributed by atoms with Crippen molar-refractivity contribution in [3.63, 3.8) is 0 Å². The zero-order chi connectivity index (χ0) is 21.1. The van der Waals surface area contributed by atoms with Crippen molar-refractivity contribution in [2.24, 2.45) is 5.92 Å². The van der Waals surface area contributed by atoms with Crippen LogP contribution in [0.25, 0.3) is 0 Å². The largest absolute Gasteiger partial charge is 0.480 e. The summed E-state index contributed by atoms with van der Waals surface area (Å²) in [6.07, 6.45) is 2.49. The molecule has 0 amide bonds. The van der Waals surface area contributed by atoms with E-state index in [0.29, 0.717) is 58.5 Å². The number of ketones is 1. The molecule has 1 aliphatic heterocycles. The third-order valence-corrected chi connectivity index (χ3v) is 5.05. The van der Waals surface area contributed by atoms with Crippen LogP contribution in [0.4, 0.5) is 0 Å². The Kier molecular flexibility index (Phi) is 10.9. The molecule has 0 aromatic carbocycles. The van der Waals surface area contributed by atoms with Crippen LogP contribution in [0.1, 0.15) is 33.1 Å². The minimum Gasteiger partial charge on any atom is -0.480 e. The average molecular weight is 399 g/mol. The molecule has 1 atom stereocenters. The van der Waals surface area contributed by atoms with Crippen LogP contribution in [0.5, 0.6) is 0 Å². The topological polar surface area (TPSA) is 118 Å². The van der Waals surface area contributed by atoms with Gasteiger partial charge in [-0.3, -0.25) is 29.1 Å². The van der Waals surface area contributed by atoms with E-state index in [0.717, 1.165) is 6.29 Å². The summed E-state index contributed by atoms with van der Waals surface area (Å²) in [4.78, 5) is 51.2. The first-order chi connectivity index (χ1) is 13.2. The third kappa shape index (κ3) is 9.38. The SMILES string of the molecule is CC(C)C(=O)CCCC(C=O)N1CCN(CC(=O)O)CCN(CC(=O)O)CC1. The van der Waals surface area contributed by atoms with E-state index in [9.17, 15) is 19.2 Å². The van der Waals surface area contributed by atoms with E-state index >= 15 is 0 Å². The molecule has 1 rings (SSSR count). The Morgan fingerprint density at radius 2 is 1.36 bits per heavy atom. The molecule has 0 saturated carbocycles. The summed E-state index contributed by atoms with van der Waals surface area (Å²) in [5.41, 5.74) is 0. The summed E-state index contributed by atoms with van der Waals surface area (Å²) in [7, 11) is 0. The molecule has 28 heavy (non-hydrogen) atoms. The van der Waals surface area contributed by atoms with Crippen molar-refractivity contribution >= 4 is 24.0 Å². The van der Waals surface area contributed by atoms with Crippen molar-refractivity contribution in [2.75, 3.05) is 52.4 Å². The van der Waals surface area contributed by atoms with Gasteiger partial charge in [0.2, 0.25) is 0 Å². The smallest absolute Gasteiger partial charge is 0.317 e. The van der Waals surface area contributed by atoms with E-state index in [-0.39, 0.29) is 30.8 Å². The van der Waals surface area contributed by atoms with Gasteiger partial charge in [-0.2, -0.15) is 0 Å². The highest BCUT2D eigenvalue weighted by molar-refractivity contribution is 5.80. The predicted molar refractivity (Wildman–Crippen MR) is 103 cm³/mol. The minimum absolute atomic E-state index is 0.0194. The van der Waals surface area contributed by atoms with Gasteiger partial charge in [0, 0.05) is 51.6 Å². The Hall–Kier alpha value is -1.84. The lowest BCUT2D eigenvalue weighted by molar-refractivity contribution is -0.140. The molecule has 1 unspecified atom stereocenters. The predicted octanol–water partition coefficient (Wildman–Crippen LogP) is 0.0381. The van der Waals surface area contributed by atoms with Crippen molar-refractivity contribution in [2.45, 2.75) is 39.2 Å². The van der Waals surface area contributed by atoms with Gasteiger partial charge in [0.05, 0.1) is 19.1 Å². The van der Waals surface area contributed by atoms with Crippen LogP contribution < -0.4 is 0 Å². The zero-order valence-electron chi connectivity index (χ0n) is 16.9. The minimum atomic E-state index is -0.935. The number of carbonyl (C=O) groups is 4. The molecule has 1 saturated heterocycles. The molecule has 0 aliphatic carbocycles. The number of hydrogen-bond donors (Lipinski definition) is 2. The van der Waals surface area contributed by atoms with Crippen molar-refractivity contribution in [1.29, 1.82) is 0 Å². The Morgan fingerprint density at radius 3 is 1.75 bits per heavy atom. The van der Waals surface area contributed by atoms with Crippen LogP contribution in [0.2, 0.25) is 0 Å². The molecular weight excluding hydrogens is 366 g/mol. The van der Waals surface area contributed by atoms with Gasteiger partial charge in [-0.1, -0.05) is 13.8 Å². The lowest BCUT2D eigenvalue weighted by atomic mass is 10.0. The van der Waals surface area contributed by atoms with E-state index < -0.39 is 11.9 Å². The average Bonchev–Trinajstić information content (AvgIpc) is 2.70. The molecule has 0 bridgehead atoms. The maximum atomic E-state index is 11.8. The maximum absolute atomic E-state index is 11.8. The summed E-state index contributed by atoms with van der Waals surface area (Å²) in [6.45, 7) is 6.41. The maximum Gasteiger partial charge on any atom is 0.317 e.